The van der Waals surface area contributed by atoms with E-state index in [1.807, 2.05) is 0 Å². The summed E-state index contributed by atoms with van der Waals surface area (Å²) in [6, 6.07) is 6.32. The lowest BCUT2D eigenvalue weighted by Crippen LogP contribution is -2.43. The van der Waals surface area contributed by atoms with Crippen LogP contribution in [0.3, 0.4) is 0 Å². The fourth-order valence-corrected chi connectivity index (χ4v) is 5.86. The highest BCUT2D eigenvalue weighted by molar-refractivity contribution is 7.89. The average Bonchev–Trinajstić information content (AvgIpc) is 3.33. The van der Waals surface area contributed by atoms with E-state index in [2.05, 4.69) is 16.1 Å². The molecule has 2 aliphatic rings. The van der Waals surface area contributed by atoms with Crippen molar-refractivity contribution in [1.29, 1.82) is 5.26 Å². The highest BCUT2D eigenvalue weighted by Crippen LogP contribution is 2.27. The Labute approximate surface area is 181 Å². The van der Waals surface area contributed by atoms with Gasteiger partial charge < -0.3 is 10.2 Å². The van der Waals surface area contributed by atoms with Crippen LogP contribution in [0.25, 0.3) is 0 Å². The third-order valence-electron chi connectivity index (χ3n) is 5.55. The quantitative estimate of drug-likeness (QED) is 0.653. The van der Waals surface area contributed by atoms with Crippen molar-refractivity contribution >= 4 is 39.1 Å². The van der Waals surface area contributed by atoms with E-state index in [9.17, 15) is 13.2 Å². The number of halogens is 2. The van der Waals surface area contributed by atoms with E-state index < -0.39 is 10.0 Å². The monoisotopic (exact) mass is 458 g/mol. The van der Waals surface area contributed by atoms with Gasteiger partial charge in [-0.3, -0.25) is 4.79 Å². The minimum atomic E-state index is -3.71. The van der Waals surface area contributed by atoms with Crippen molar-refractivity contribution in [2.45, 2.75) is 49.1 Å². The van der Waals surface area contributed by atoms with Gasteiger partial charge >= 0.3 is 0 Å². The zero-order valence-corrected chi connectivity index (χ0v) is 18.2. The van der Waals surface area contributed by atoms with Crippen LogP contribution in [0.2, 0.25) is 10.0 Å². The number of benzene rings is 1. The molecule has 0 unspecified atom stereocenters. The summed E-state index contributed by atoms with van der Waals surface area (Å²) in [6.07, 6.45) is 4.14. The van der Waals surface area contributed by atoms with Crippen molar-refractivity contribution in [1.82, 2.24) is 14.9 Å². The van der Waals surface area contributed by atoms with Crippen LogP contribution in [0, 0.1) is 17.2 Å². The summed E-state index contributed by atoms with van der Waals surface area (Å²) in [5, 5.41) is 12.8. The summed E-state index contributed by atoms with van der Waals surface area (Å²) < 4.78 is 27.6. The van der Waals surface area contributed by atoms with Crippen molar-refractivity contribution in [2.75, 3.05) is 19.6 Å². The van der Waals surface area contributed by atoms with E-state index in [0.717, 1.165) is 32.1 Å². The van der Waals surface area contributed by atoms with E-state index in [-0.39, 0.29) is 40.4 Å². The van der Waals surface area contributed by atoms with Gasteiger partial charge in [-0.2, -0.15) is 5.26 Å². The van der Waals surface area contributed by atoms with Gasteiger partial charge in [0.2, 0.25) is 15.9 Å². The van der Waals surface area contributed by atoms with Crippen LogP contribution in [-0.2, 0) is 14.8 Å². The summed E-state index contributed by atoms with van der Waals surface area (Å²) in [5.41, 5.74) is 0. The molecule has 7 nitrogen and oxygen atoms in total. The molecule has 29 heavy (non-hydrogen) atoms. The summed E-state index contributed by atoms with van der Waals surface area (Å²) in [6.45, 7) is 1.17. The van der Waals surface area contributed by atoms with Crippen molar-refractivity contribution in [3.8, 4) is 6.07 Å². The summed E-state index contributed by atoms with van der Waals surface area (Å²) in [5.74, 6) is 0.137. The predicted octanol–water partition coefficient (Wildman–Crippen LogP) is 2.54. The molecule has 1 aliphatic heterocycles. The highest BCUT2D eigenvalue weighted by Gasteiger charge is 2.30. The zero-order valence-electron chi connectivity index (χ0n) is 15.9. The van der Waals surface area contributed by atoms with Crippen molar-refractivity contribution < 1.29 is 13.2 Å². The molecule has 2 N–H and O–H groups in total. The molecule has 3 rings (SSSR count). The standard InChI is InChI=1S/C19H24Cl2N4O3S/c20-14-4-6-18(17(21)9-14)29(27,28)24-11-13-3-5-15(8-13)23-12-19(26)25-7-1-2-16(25)10-22/h4,6,9,13,15-16,23-24H,1-3,5,7-8,11-12H2/t13-,15+,16+/m1/s1. The lowest BCUT2D eigenvalue weighted by atomic mass is 10.1. The molecule has 1 amide bonds. The number of amides is 1. The molecule has 1 aromatic carbocycles. The van der Waals surface area contributed by atoms with Crippen LogP contribution in [0.5, 0.6) is 0 Å². The van der Waals surface area contributed by atoms with Crippen LogP contribution < -0.4 is 10.0 Å². The molecule has 0 spiro atoms. The number of likely N-dealkylation sites (tertiary alicyclic amines) is 1. The molecule has 2 fully saturated rings. The van der Waals surface area contributed by atoms with E-state index in [1.54, 1.807) is 4.90 Å². The van der Waals surface area contributed by atoms with Crippen LogP contribution in [0.1, 0.15) is 32.1 Å². The first-order chi connectivity index (χ1) is 13.8. The maximum absolute atomic E-state index is 12.5. The first-order valence-corrected chi connectivity index (χ1v) is 11.9. The molecule has 1 saturated heterocycles. The Morgan fingerprint density at radius 1 is 1.28 bits per heavy atom. The Bertz CT molecular complexity index is 903. The second kappa shape index (κ2) is 9.63. The summed E-state index contributed by atoms with van der Waals surface area (Å²) in [7, 11) is -3.71. The molecule has 158 valence electrons. The number of nitrogens with zero attached hydrogens (tertiary/aromatic N) is 2. The molecule has 1 heterocycles. The summed E-state index contributed by atoms with van der Waals surface area (Å²) in [4.78, 5) is 14.0. The van der Waals surface area contributed by atoms with Gasteiger partial charge in [-0.25, -0.2) is 13.1 Å². The number of hydrogen-bond donors (Lipinski definition) is 2. The number of sulfonamides is 1. The van der Waals surface area contributed by atoms with Crippen LogP contribution >= 0.6 is 23.2 Å². The van der Waals surface area contributed by atoms with Gasteiger partial charge in [0.1, 0.15) is 10.9 Å². The Morgan fingerprint density at radius 2 is 2.07 bits per heavy atom. The fourth-order valence-electron chi connectivity index (χ4n) is 3.98. The molecule has 0 aromatic heterocycles. The molecule has 0 radical (unpaired) electrons. The first kappa shape index (κ1) is 22.3. The number of carbonyl (C=O) groups excluding carboxylic acids is 1. The molecule has 3 atom stereocenters. The van der Waals surface area contributed by atoms with Gasteiger partial charge in [0.15, 0.2) is 0 Å². The number of carbonyl (C=O) groups is 1. The van der Waals surface area contributed by atoms with E-state index in [4.69, 9.17) is 28.5 Å². The minimum Gasteiger partial charge on any atom is -0.326 e. The zero-order chi connectivity index (χ0) is 21.0. The van der Waals surface area contributed by atoms with Gasteiger partial charge in [-0.15, -0.1) is 0 Å². The Hall–Kier alpha value is -1.37. The molecule has 1 aromatic rings. The first-order valence-electron chi connectivity index (χ1n) is 9.67. The fraction of sp³-hybridized carbons (Fsp3) is 0.579. The predicted molar refractivity (Wildman–Crippen MR) is 111 cm³/mol. The van der Waals surface area contributed by atoms with Crippen LogP contribution in [0.4, 0.5) is 0 Å². The second-order valence-electron chi connectivity index (χ2n) is 7.56. The molecule has 1 saturated carbocycles. The normalized spacial score (nSPS) is 24.6. The largest absolute Gasteiger partial charge is 0.326 e. The van der Waals surface area contributed by atoms with Crippen molar-refractivity contribution in [2.24, 2.45) is 5.92 Å². The minimum absolute atomic E-state index is 0.0134. The molecular weight excluding hydrogens is 435 g/mol. The van der Waals surface area contributed by atoms with E-state index in [0.29, 0.717) is 18.1 Å². The smallest absolute Gasteiger partial charge is 0.242 e. The Kier molecular flexibility index (Phi) is 7.41. The van der Waals surface area contributed by atoms with Crippen molar-refractivity contribution in [3.05, 3.63) is 28.2 Å². The van der Waals surface area contributed by atoms with Gasteiger partial charge in [0, 0.05) is 24.2 Å². The lowest BCUT2D eigenvalue weighted by Gasteiger charge is -2.21. The van der Waals surface area contributed by atoms with E-state index in [1.165, 1.54) is 18.2 Å². The SMILES string of the molecule is N#C[C@@H]1CCCN1C(=O)CN[C@H]1CC[C@@H](CNS(=O)(=O)c2ccc(Cl)cc2Cl)C1. The molecule has 1 aliphatic carbocycles. The number of nitriles is 1. The summed E-state index contributed by atoms with van der Waals surface area (Å²) >= 11 is 11.8. The van der Waals surface area contributed by atoms with Gasteiger partial charge in [0.25, 0.3) is 0 Å². The highest BCUT2D eigenvalue weighted by atomic mass is 35.5. The Balaban J connectivity index is 1.45. The molecule has 10 heteroatoms. The van der Waals surface area contributed by atoms with E-state index >= 15 is 0 Å². The van der Waals surface area contributed by atoms with Crippen LogP contribution in [-0.4, -0.2) is 50.9 Å². The maximum atomic E-state index is 12.5. The molecule has 0 bridgehead atoms. The second-order valence-corrected chi connectivity index (χ2v) is 10.1. The number of nitrogens with one attached hydrogen (secondary N) is 2. The van der Waals surface area contributed by atoms with Gasteiger partial charge in [0.05, 0.1) is 17.6 Å². The average molecular weight is 459 g/mol. The van der Waals surface area contributed by atoms with Gasteiger partial charge in [-0.05, 0) is 56.2 Å². The third-order valence-corrected chi connectivity index (χ3v) is 7.69. The van der Waals surface area contributed by atoms with Gasteiger partial charge in [-0.1, -0.05) is 23.2 Å². The van der Waals surface area contributed by atoms with Crippen molar-refractivity contribution in [3.63, 3.8) is 0 Å². The topological polar surface area (TPSA) is 102 Å². The third kappa shape index (κ3) is 5.62. The molecular formula is C19H24Cl2N4O3S. The Morgan fingerprint density at radius 3 is 2.79 bits per heavy atom. The number of hydrogen-bond acceptors (Lipinski definition) is 5. The lowest BCUT2D eigenvalue weighted by molar-refractivity contribution is -0.130. The van der Waals surface area contributed by atoms with Crippen LogP contribution in [0.15, 0.2) is 23.1 Å². The number of rotatable bonds is 7. The maximum Gasteiger partial charge on any atom is 0.242 e.